The Morgan fingerprint density at radius 1 is 1.08 bits per heavy atom. The minimum Gasteiger partial charge on any atom is -0.444 e. The van der Waals surface area contributed by atoms with Crippen LogP contribution >= 0.6 is 10.3 Å². The van der Waals surface area contributed by atoms with Crippen LogP contribution in [0.25, 0.3) is 0 Å². The van der Waals surface area contributed by atoms with Crippen molar-refractivity contribution in [3.05, 3.63) is 0 Å². The van der Waals surface area contributed by atoms with Gasteiger partial charge in [-0.3, -0.25) is 0 Å². The van der Waals surface area contributed by atoms with Gasteiger partial charge in [0.15, 0.2) is 0 Å². The SMILES string of the molecule is CC(C)NC[C@@H](C)[C@H](CN(C)C(=O)OC(C)(C)C)OS(C)(C)C(C)(C)C. The lowest BCUT2D eigenvalue weighted by atomic mass is 10.0. The summed E-state index contributed by atoms with van der Waals surface area (Å²) in [5.74, 6) is 0.274. The molecular formula is C20H44N2O3S. The molecule has 26 heavy (non-hydrogen) atoms. The molecule has 1 amide bonds. The van der Waals surface area contributed by atoms with E-state index in [0.717, 1.165) is 6.54 Å². The summed E-state index contributed by atoms with van der Waals surface area (Å²) in [6, 6.07) is 0.421. The van der Waals surface area contributed by atoms with Gasteiger partial charge in [-0.25, -0.2) is 4.79 Å². The van der Waals surface area contributed by atoms with Crippen LogP contribution < -0.4 is 5.32 Å². The maximum atomic E-state index is 12.4. The molecule has 0 saturated carbocycles. The summed E-state index contributed by atoms with van der Waals surface area (Å²) in [5.41, 5.74) is -0.498. The number of rotatable bonds is 8. The summed E-state index contributed by atoms with van der Waals surface area (Å²) in [6.45, 7) is 20.1. The van der Waals surface area contributed by atoms with Crippen molar-refractivity contribution in [3.8, 4) is 0 Å². The number of hydrogen-bond acceptors (Lipinski definition) is 4. The molecule has 0 aromatic carbocycles. The van der Waals surface area contributed by atoms with Crippen molar-refractivity contribution in [1.29, 1.82) is 0 Å². The number of nitrogens with one attached hydrogen (secondary N) is 1. The first-order valence-corrected chi connectivity index (χ1v) is 11.9. The van der Waals surface area contributed by atoms with Crippen LogP contribution in [0.3, 0.4) is 0 Å². The second-order valence-electron chi connectivity index (χ2n) is 9.88. The Bertz CT molecular complexity index is 439. The number of ether oxygens (including phenoxy) is 1. The molecule has 0 aromatic rings. The smallest absolute Gasteiger partial charge is 0.410 e. The van der Waals surface area contributed by atoms with Crippen molar-refractivity contribution < 1.29 is 13.7 Å². The van der Waals surface area contributed by atoms with Crippen molar-refractivity contribution in [2.24, 2.45) is 5.92 Å². The quantitative estimate of drug-likeness (QED) is 0.653. The Balaban J connectivity index is 5.23. The van der Waals surface area contributed by atoms with E-state index >= 15 is 0 Å². The molecule has 0 rings (SSSR count). The third kappa shape index (κ3) is 9.47. The lowest BCUT2D eigenvalue weighted by Crippen LogP contribution is -2.45. The zero-order valence-electron chi connectivity index (χ0n) is 19.2. The molecule has 0 spiro atoms. The van der Waals surface area contributed by atoms with Crippen LogP contribution in [0.1, 0.15) is 62.3 Å². The zero-order chi connectivity index (χ0) is 20.9. The summed E-state index contributed by atoms with van der Waals surface area (Å²) in [7, 11) is 0.491. The van der Waals surface area contributed by atoms with Crippen molar-refractivity contribution >= 4 is 16.4 Å². The number of amides is 1. The molecule has 0 saturated heterocycles. The van der Waals surface area contributed by atoms with E-state index in [0.29, 0.717) is 12.6 Å². The summed E-state index contributed by atoms with van der Waals surface area (Å²) in [6.07, 6.45) is 4.05. The summed E-state index contributed by atoms with van der Waals surface area (Å²) in [4.78, 5) is 14.0. The number of likely N-dealkylation sites (N-methyl/N-ethyl adjacent to an activating group) is 1. The molecule has 0 heterocycles. The fourth-order valence-electron chi connectivity index (χ4n) is 2.00. The Morgan fingerprint density at radius 3 is 1.96 bits per heavy atom. The van der Waals surface area contributed by atoms with E-state index in [-0.39, 0.29) is 22.9 Å². The number of nitrogens with zero attached hydrogens (tertiary/aromatic N) is 1. The first kappa shape index (κ1) is 25.5. The molecule has 0 bridgehead atoms. The molecule has 0 aliphatic heterocycles. The summed E-state index contributed by atoms with van der Waals surface area (Å²) >= 11 is 0. The van der Waals surface area contributed by atoms with Crippen LogP contribution in [0.2, 0.25) is 0 Å². The van der Waals surface area contributed by atoms with Gasteiger partial charge >= 0.3 is 6.09 Å². The van der Waals surface area contributed by atoms with E-state index in [1.807, 2.05) is 20.8 Å². The van der Waals surface area contributed by atoms with Crippen LogP contribution in [0.5, 0.6) is 0 Å². The van der Waals surface area contributed by atoms with Gasteiger partial charge < -0.3 is 19.1 Å². The Labute approximate surface area is 164 Å². The fourth-order valence-corrected chi connectivity index (χ4v) is 3.15. The average Bonchev–Trinajstić information content (AvgIpc) is 2.40. The van der Waals surface area contributed by atoms with Crippen molar-refractivity contribution in [2.75, 3.05) is 32.6 Å². The normalized spacial score (nSPS) is 16.3. The van der Waals surface area contributed by atoms with Crippen LogP contribution in [0.4, 0.5) is 4.79 Å². The maximum absolute atomic E-state index is 12.4. The van der Waals surface area contributed by atoms with Gasteiger partial charge in [0.2, 0.25) is 0 Å². The molecule has 1 N–H and O–H groups in total. The first-order valence-electron chi connectivity index (χ1n) is 9.55. The van der Waals surface area contributed by atoms with Crippen molar-refractivity contribution in [3.63, 3.8) is 0 Å². The van der Waals surface area contributed by atoms with Gasteiger partial charge in [-0.15, -0.1) is 10.3 Å². The number of hydrogen-bond donors (Lipinski definition) is 1. The second kappa shape index (κ2) is 9.65. The van der Waals surface area contributed by atoms with Gasteiger partial charge in [-0.2, -0.15) is 0 Å². The van der Waals surface area contributed by atoms with E-state index in [9.17, 15) is 4.79 Å². The number of carbonyl (C=O) groups is 1. The third-order valence-electron chi connectivity index (χ3n) is 4.48. The van der Waals surface area contributed by atoms with Gasteiger partial charge in [0, 0.05) is 24.4 Å². The second-order valence-corrected chi connectivity index (χ2v) is 13.8. The molecule has 158 valence electrons. The predicted molar refractivity (Wildman–Crippen MR) is 115 cm³/mol. The van der Waals surface area contributed by atoms with Gasteiger partial charge in [0.05, 0.1) is 12.6 Å². The highest BCUT2D eigenvalue weighted by Crippen LogP contribution is 2.55. The van der Waals surface area contributed by atoms with E-state index in [2.05, 4.69) is 59.4 Å². The van der Waals surface area contributed by atoms with E-state index in [1.54, 1.807) is 11.9 Å². The Morgan fingerprint density at radius 2 is 1.58 bits per heavy atom. The highest BCUT2D eigenvalue weighted by molar-refractivity contribution is 8.29. The third-order valence-corrected chi connectivity index (χ3v) is 8.16. The molecule has 0 aliphatic rings. The Hall–Kier alpha value is -0.460. The van der Waals surface area contributed by atoms with Gasteiger partial charge in [0.1, 0.15) is 5.60 Å². The molecule has 2 atom stereocenters. The minimum absolute atomic E-state index is 0.0528. The largest absolute Gasteiger partial charge is 0.444 e. The van der Waals surface area contributed by atoms with Gasteiger partial charge in [-0.1, -0.05) is 41.5 Å². The molecule has 0 fully saturated rings. The molecular weight excluding hydrogens is 348 g/mol. The van der Waals surface area contributed by atoms with Gasteiger partial charge in [0.25, 0.3) is 0 Å². The molecule has 0 radical (unpaired) electrons. The first-order chi connectivity index (χ1) is 11.5. The summed E-state index contributed by atoms with van der Waals surface area (Å²) < 4.78 is 12.2. The molecule has 0 unspecified atom stereocenters. The van der Waals surface area contributed by atoms with E-state index < -0.39 is 15.9 Å². The molecule has 5 nitrogen and oxygen atoms in total. The lowest BCUT2D eigenvalue weighted by Gasteiger charge is -2.47. The predicted octanol–water partition coefficient (Wildman–Crippen LogP) is 4.65. The standard InChI is InChI=1S/C20H44N2O3S/c1-15(2)21-13-16(3)17(25-26(11,12)20(7,8)9)14-22(10)18(23)24-19(4,5)6/h15-17,21H,13-14H2,1-12H3/t16-,17+/m1/s1. The number of carbonyl (C=O) groups excluding carboxylic acids is 1. The van der Waals surface area contributed by atoms with E-state index in [4.69, 9.17) is 8.92 Å². The van der Waals surface area contributed by atoms with Gasteiger partial charge in [-0.05, 0) is 39.2 Å². The highest BCUT2D eigenvalue weighted by Gasteiger charge is 2.34. The van der Waals surface area contributed by atoms with Crippen molar-refractivity contribution in [1.82, 2.24) is 10.2 Å². The molecule has 0 aromatic heterocycles. The van der Waals surface area contributed by atoms with E-state index in [1.165, 1.54) is 0 Å². The molecule has 6 heteroatoms. The van der Waals surface area contributed by atoms with Crippen LogP contribution in [-0.2, 0) is 8.92 Å². The monoisotopic (exact) mass is 392 g/mol. The van der Waals surface area contributed by atoms with Crippen LogP contribution in [0, 0.1) is 5.92 Å². The van der Waals surface area contributed by atoms with Crippen molar-refractivity contribution in [2.45, 2.75) is 84.8 Å². The summed E-state index contributed by atoms with van der Waals surface area (Å²) in [5, 5.41) is 3.49. The average molecular weight is 393 g/mol. The topological polar surface area (TPSA) is 50.8 Å². The molecule has 0 aliphatic carbocycles. The van der Waals surface area contributed by atoms with Crippen LogP contribution in [0.15, 0.2) is 0 Å². The van der Waals surface area contributed by atoms with Crippen LogP contribution in [-0.4, -0.2) is 66.1 Å². The minimum atomic E-state index is -1.29. The lowest BCUT2D eigenvalue weighted by molar-refractivity contribution is 0.0196. The Kier molecular flexibility index (Phi) is 9.48. The zero-order valence-corrected chi connectivity index (χ0v) is 20.0. The fraction of sp³-hybridized carbons (Fsp3) is 0.950. The maximum Gasteiger partial charge on any atom is 0.410 e. The highest BCUT2D eigenvalue weighted by atomic mass is 32.3.